The minimum absolute atomic E-state index is 0.714. The molecule has 0 N–H and O–H groups in total. The molecule has 0 unspecified atom stereocenters. The van der Waals surface area contributed by atoms with E-state index in [0.717, 1.165) is 33.6 Å². The van der Waals surface area contributed by atoms with Crippen LogP contribution in [0.15, 0.2) is 170 Å². The zero-order valence-corrected chi connectivity index (χ0v) is 26.3. The summed E-state index contributed by atoms with van der Waals surface area (Å²) >= 11 is 1.86. The third kappa shape index (κ3) is 4.98. The highest BCUT2D eigenvalue weighted by Gasteiger charge is 2.16. The zero-order valence-electron chi connectivity index (χ0n) is 25.5. The molecule has 0 atom stereocenters. The molecule has 0 spiro atoms. The molecule has 2 heterocycles. The van der Waals surface area contributed by atoms with Crippen LogP contribution in [0.2, 0.25) is 0 Å². The Morgan fingerprint density at radius 1 is 0.362 bits per heavy atom. The molecule has 47 heavy (non-hydrogen) atoms. The summed E-state index contributed by atoms with van der Waals surface area (Å²) in [4.78, 5) is 10.3. The predicted octanol–water partition coefficient (Wildman–Crippen LogP) is 12.3. The molecule has 9 aromatic rings. The lowest BCUT2D eigenvalue weighted by Gasteiger charge is -2.14. The van der Waals surface area contributed by atoms with Crippen molar-refractivity contribution in [1.29, 1.82) is 0 Å². The molecule has 0 aliphatic carbocycles. The van der Waals surface area contributed by atoms with Gasteiger partial charge in [-0.2, -0.15) is 0 Å². The maximum Gasteiger partial charge on any atom is 0.160 e. The van der Waals surface area contributed by atoms with E-state index in [2.05, 4.69) is 146 Å². The van der Waals surface area contributed by atoms with E-state index in [1.165, 1.54) is 47.6 Å². The van der Waals surface area contributed by atoms with Crippen molar-refractivity contribution in [2.24, 2.45) is 0 Å². The van der Waals surface area contributed by atoms with Crippen molar-refractivity contribution in [1.82, 2.24) is 9.97 Å². The molecule has 0 aliphatic rings. The number of nitrogens with zero attached hydrogens (tertiary/aromatic N) is 2. The van der Waals surface area contributed by atoms with Gasteiger partial charge >= 0.3 is 0 Å². The number of hydrogen-bond donors (Lipinski definition) is 0. The average molecular weight is 617 g/mol. The monoisotopic (exact) mass is 616 g/mol. The normalized spacial score (nSPS) is 11.4. The summed E-state index contributed by atoms with van der Waals surface area (Å²) in [5, 5.41) is 5.05. The van der Waals surface area contributed by atoms with Gasteiger partial charge in [0, 0.05) is 36.9 Å². The van der Waals surface area contributed by atoms with Gasteiger partial charge in [0.25, 0.3) is 0 Å². The van der Waals surface area contributed by atoms with Gasteiger partial charge in [0.15, 0.2) is 5.82 Å². The van der Waals surface area contributed by atoms with Crippen LogP contribution >= 0.6 is 11.3 Å². The van der Waals surface area contributed by atoms with Gasteiger partial charge in [-0.05, 0) is 63.4 Å². The van der Waals surface area contributed by atoms with Gasteiger partial charge in [-0.3, -0.25) is 0 Å². The summed E-state index contributed by atoms with van der Waals surface area (Å²) in [7, 11) is 0. The molecular weight excluding hydrogens is 589 g/mol. The SMILES string of the molecule is c1ccc(-c2cc(-c3cc(-c4cccc5ccccc45)cc(-c4cccc5c4sc4ccccc45)c3)nc(-c3ccccc3)n2)cc1. The highest BCUT2D eigenvalue weighted by Crippen LogP contribution is 2.43. The molecule has 220 valence electrons. The average Bonchev–Trinajstić information content (AvgIpc) is 3.54. The summed E-state index contributed by atoms with van der Waals surface area (Å²) < 4.78 is 2.60. The lowest BCUT2D eigenvalue weighted by atomic mass is 9.91. The van der Waals surface area contributed by atoms with Crippen LogP contribution in [0.1, 0.15) is 0 Å². The van der Waals surface area contributed by atoms with E-state index in [1.807, 2.05) is 35.6 Å². The van der Waals surface area contributed by atoms with Crippen molar-refractivity contribution in [3.05, 3.63) is 170 Å². The van der Waals surface area contributed by atoms with E-state index < -0.39 is 0 Å². The molecule has 0 fully saturated rings. The molecule has 0 saturated carbocycles. The Balaban J connectivity index is 1.33. The smallest absolute Gasteiger partial charge is 0.160 e. The first-order chi connectivity index (χ1) is 23.3. The molecule has 2 aromatic heterocycles. The van der Waals surface area contributed by atoms with Crippen molar-refractivity contribution in [3.8, 4) is 56.2 Å². The molecular formula is C44H28N2S. The fourth-order valence-corrected chi connectivity index (χ4v) is 7.84. The van der Waals surface area contributed by atoms with Gasteiger partial charge < -0.3 is 0 Å². The van der Waals surface area contributed by atoms with Gasteiger partial charge in [0.2, 0.25) is 0 Å². The van der Waals surface area contributed by atoms with E-state index in [0.29, 0.717) is 5.82 Å². The molecule has 0 aliphatic heterocycles. The van der Waals surface area contributed by atoms with Gasteiger partial charge in [0.05, 0.1) is 11.4 Å². The van der Waals surface area contributed by atoms with Crippen LogP contribution in [0.25, 0.3) is 87.1 Å². The van der Waals surface area contributed by atoms with E-state index in [-0.39, 0.29) is 0 Å². The minimum atomic E-state index is 0.714. The highest BCUT2D eigenvalue weighted by molar-refractivity contribution is 7.26. The first-order valence-corrected chi connectivity index (χ1v) is 16.6. The fraction of sp³-hybridized carbons (Fsp3) is 0. The Labute approximate surface area is 277 Å². The van der Waals surface area contributed by atoms with Gasteiger partial charge in [0.1, 0.15) is 0 Å². The zero-order chi connectivity index (χ0) is 31.2. The number of thiophene rings is 1. The van der Waals surface area contributed by atoms with Crippen LogP contribution in [-0.2, 0) is 0 Å². The Morgan fingerprint density at radius 3 is 1.72 bits per heavy atom. The Morgan fingerprint density at radius 2 is 0.915 bits per heavy atom. The molecule has 0 radical (unpaired) electrons. The Hall–Kier alpha value is -5.90. The first-order valence-electron chi connectivity index (χ1n) is 15.8. The van der Waals surface area contributed by atoms with Crippen molar-refractivity contribution < 1.29 is 0 Å². The van der Waals surface area contributed by atoms with Crippen LogP contribution in [0, 0.1) is 0 Å². The van der Waals surface area contributed by atoms with Crippen LogP contribution in [-0.4, -0.2) is 9.97 Å². The maximum atomic E-state index is 5.22. The van der Waals surface area contributed by atoms with Gasteiger partial charge in [-0.1, -0.05) is 140 Å². The lowest BCUT2D eigenvalue weighted by molar-refractivity contribution is 1.18. The second kappa shape index (κ2) is 11.5. The number of benzene rings is 7. The number of fused-ring (bicyclic) bond motifs is 4. The fourth-order valence-electron chi connectivity index (χ4n) is 6.61. The minimum Gasteiger partial charge on any atom is -0.228 e. The summed E-state index contributed by atoms with van der Waals surface area (Å²) in [6.07, 6.45) is 0. The standard InChI is InChI=1S/C44H28N2S/c1-3-14-30(15-4-1)40-28-41(46-44(45-40)31-16-5-2-6-17-31)34-26-32(36-21-11-18-29-13-7-8-19-35(29)36)25-33(27-34)37-22-12-23-39-38-20-9-10-24-42(38)47-43(37)39/h1-28H. The Bertz CT molecular complexity index is 2500. The molecule has 9 rings (SSSR count). The first kappa shape index (κ1) is 27.4. The number of hydrogen-bond acceptors (Lipinski definition) is 3. The third-order valence-corrected chi connectivity index (χ3v) is 10.1. The number of aromatic nitrogens is 2. The van der Waals surface area contributed by atoms with E-state index in [1.54, 1.807) is 0 Å². The third-order valence-electron chi connectivity index (χ3n) is 8.87. The van der Waals surface area contributed by atoms with Crippen LogP contribution < -0.4 is 0 Å². The molecule has 0 amide bonds. The largest absolute Gasteiger partial charge is 0.228 e. The number of rotatable bonds is 5. The quantitative estimate of drug-likeness (QED) is 0.192. The topological polar surface area (TPSA) is 25.8 Å². The summed E-state index contributed by atoms with van der Waals surface area (Å²) in [6, 6.07) is 60.3. The second-order valence-corrected chi connectivity index (χ2v) is 12.9. The summed E-state index contributed by atoms with van der Waals surface area (Å²) in [5.74, 6) is 0.714. The van der Waals surface area contributed by atoms with Crippen molar-refractivity contribution in [3.63, 3.8) is 0 Å². The lowest BCUT2D eigenvalue weighted by Crippen LogP contribution is -1.96. The second-order valence-electron chi connectivity index (χ2n) is 11.8. The van der Waals surface area contributed by atoms with Crippen molar-refractivity contribution in [2.75, 3.05) is 0 Å². The summed E-state index contributed by atoms with van der Waals surface area (Å²) in [5.41, 5.74) is 9.67. The van der Waals surface area contributed by atoms with E-state index in [9.17, 15) is 0 Å². The van der Waals surface area contributed by atoms with E-state index in [4.69, 9.17) is 9.97 Å². The molecule has 3 heteroatoms. The van der Waals surface area contributed by atoms with Crippen molar-refractivity contribution >= 4 is 42.3 Å². The maximum absolute atomic E-state index is 5.22. The van der Waals surface area contributed by atoms with Crippen LogP contribution in [0.4, 0.5) is 0 Å². The van der Waals surface area contributed by atoms with Gasteiger partial charge in [-0.25, -0.2) is 9.97 Å². The summed E-state index contributed by atoms with van der Waals surface area (Å²) in [6.45, 7) is 0. The molecule has 0 bridgehead atoms. The van der Waals surface area contributed by atoms with E-state index >= 15 is 0 Å². The molecule has 7 aromatic carbocycles. The molecule has 2 nitrogen and oxygen atoms in total. The van der Waals surface area contributed by atoms with Crippen molar-refractivity contribution in [2.45, 2.75) is 0 Å². The van der Waals surface area contributed by atoms with Crippen LogP contribution in [0.5, 0.6) is 0 Å². The molecule has 0 saturated heterocycles. The highest BCUT2D eigenvalue weighted by atomic mass is 32.1. The van der Waals surface area contributed by atoms with Crippen LogP contribution in [0.3, 0.4) is 0 Å². The Kier molecular flexibility index (Phi) is 6.69. The van der Waals surface area contributed by atoms with Gasteiger partial charge in [-0.15, -0.1) is 11.3 Å². The predicted molar refractivity (Wildman–Crippen MR) is 200 cm³/mol.